The van der Waals surface area contributed by atoms with Gasteiger partial charge < -0.3 is 5.73 Å². The van der Waals surface area contributed by atoms with Gasteiger partial charge in [-0.15, -0.1) is 6.58 Å². The van der Waals surface area contributed by atoms with Gasteiger partial charge in [0.15, 0.2) is 0 Å². The molecule has 76 valence electrons. The summed E-state index contributed by atoms with van der Waals surface area (Å²) in [6.45, 7) is 3.82. The minimum Gasteiger partial charge on any atom is -0.351 e. The summed E-state index contributed by atoms with van der Waals surface area (Å²) in [5, 5.41) is 8.86. The monoisotopic (exact) mass is 201 g/mol. The van der Waals surface area contributed by atoms with E-state index in [0.717, 1.165) is 0 Å². The minimum absolute atomic E-state index is 0.286. The average Bonchev–Trinajstić information content (AvgIpc) is 2.25. The van der Waals surface area contributed by atoms with Crippen LogP contribution in [0.5, 0.6) is 0 Å². The maximum Gasteiger partial charge on any atom is 0.319 e. The first-order chi connectivity index (χ1) is 7.20. The molecular weight excluding hydrogens is 190 g/mol. The maximum atomic E-state index is 11.1. The van der Waals surface area contributed by atoms with Crippen molar-refractivity contribution >= 4 is 11.7 Å². The number of hydrogen-bond donors (Lipinski definition) is 1. The Morgan fingerprint density at radius 2 is 2.27 bits per heavy atom. The van der Waals surface area contributed by atoms with E-state index in [9.17, 15) is 4.79 Å². The van der Waals surface area contributed by atoms with Gasteiger partial charge in [-0.1, -0.05) is 18.2 Å². The predicted octanol–water partition coefficient (Wildman–Crippen LogP) is 1.63. The van der Waals surface area contributed by atoms with Crippen LogP contribution in [0.15, 0.2) is 36.9 Å². The van der Waals surface area contributed by atoms with Crippen LogP contribution in [0.25, 0.3) is 0 Å². The van der Waals surface area contributed by atoms with Crippen molar-refractivity contribution in [3.63, 3.8) is 0 Å². The maximum absolute atomic E-state index is 11.1. The number of urea groups is 1. The van der Waals surface area contributed by atoms with Crippen LogP contribution in [-0.2, 0) is 0 Å². The molecule has 0 saturated carbocycles. The third-order valence-electron chi connectivity index (χ3n) is 1.89. The van der Waals surface area contributed by atoms with E-state index in [2.05, 4.69) is 6.58 Å². The zero-order valence-corrected chi connectivity index (χ0v) is 8.18. The molecule has 4 nitrogen and oxygen atoms in total. The number of anilines is 1. The molecule has 1 rings (SSSR count). The molecule has 0 aliphatic heterocycles. The highest BCUT2D eigenvalue weighted by Crippen LogP contribution is 2.18. The fourth-order valence-corrected chi connectivity index (χ4v) is 1.24. The van der Waals surface area contributed by atoms with Crippen LogP contribution in [-0.4, -0.2) is 12.6 Å². The smallest absolute Gasteiger partial charge is 0.319 e. The molecule has 15 heavy (non-hydrogen) atoms. The average molecular weight is 201 g/mol. The van der Waals surface area contributed by atoms with E-state index in [1.165, 1.54) is 4.90 Å². The Balaban J connectivity index is 3.16. The second-order valence-corrected chi connectivity index (χ2v) is 2.87. The summed E-state index contributed by atoms with van der Waals surface area (Å²) in [6, 6.07) is 8.19. The number of para-hydroxylation sites is 1. The van der Waals surface area contributed by atoms with Crippen LogP contribution in [0, 0.1) is 11.3 Å². The van der Waals surface area contributed by atoms with E-state index < -0.39 is 6.03 Å². The van der Waals surface area contributed by atoms with Gasteiger partial charge in [-0.3, -0.25) is 4.90 Å². The van der Waals surface area contributed by atoms with Gasteiger partial charge in [-0.2, -0.15) is 5.26 Å². The second-order valence-electron chi connectivity index (χ2n) is 2.87. The van der Waals surface area contributed by atoms with Gasteiger partial charge in [0, 0.05) is 6.54 Å². The number of rotatable bonds is 3. The largest absolute Gasteiger partial charge is 0.351 e. The lowest BCUT2D eigenvalue weighted by Gasteiger charge is -2.19. The fraction of sp³-hybridized carbons (Fsp3) is 0.0909. The Hall–Kier alpha value is -2.28. The van der Waals surface area contributed by atoms with Crippen LogP contribution in [0.1, 0.15) is 5.56 Å². The number of nitrogens with zero attached hydrogens (tertiary/aromatic N) is 2. The summed E-state index contributed by atoms with van der Waals surface area (Å²) in [6.07, 6.45) is 1.55. The lowest BCUT2D eigenvalue weighted by molar-refractivity contribution is 0.254. The number of amides is 2. The molecule has 0 radical (unpaired) electrons. The van der Waals surface area contributed by atoms with E-state index in [4.69, 9.17) is 11.0 Å². The molecule has 0 aliphatic carbocycles. The molecule has 0 fully saturated rings. The summed E-state index contributed by atoms with van der Waals surface area (Å²) in [5.41, 5.74) is 6.13. The summed E-state index contributed by atoms with van der Waals surface area (Å²) >= 11 is 0. The highest BCUT2D eigenvalue weighted by atomic mass is 16.2. The summed E-state index contributed by atoms with van der Waals surface area (Å²) in [4.78, 5) is 12.4. The predicted molar refractivity (Wildman–Crippen MR) is 58.3 cm³/mol. The van der Waals surface area contributed by atoms with Gasteiger partial charge in [-0.25, -0.2) is 4.79 Å². The lowest BCUT2D eigenvalue weighted by atomic mass is 10.2. The molecule has 0 aromatic heterocycles. The Morgan fingerprint density at radius 3 is 2.80 bits per heavy atom. The molecule has 0 saturated heterocycles. The zero-order chi connectivity index (χ0) is 11.3. The quantitative estimate of drug-likeness (QED) is 0.755. The minimum atomic E-state index is -0.599. The van der Waals surface area contributed by atoms with Crippen molar-refractivity contribution < 1.29 is 4.79 Å². The zero-order valence-electron chi connectivity index (χ0n) is 8.18. The number of hydrogen-bond acceptors (Lipinski definition) is 2. The van der Waals surface area contributed by atoms with E-state index in [0.29, 0.717) is 11.3 Å². The normalized spacial score (nSPS) is 9.00. The molecule has 1 aromatic carbocycles. The first-order valence-electron chi connectivity index (χ1n) is 4.37. The topological polar surface area (TPSA) is 70.1 Å². The van der Waals surface area contributed by atoms with Gasteiger partial charge >= 0.3 is 6.03 Å². The molecule has 2 amide bonds. The van der Waals surface area contributed by atoms with Crippen molar-refractivity contribution in [1.82, 2.24) is 0 Å². The number of carbonyl (C=O) groups is 1. The van der Waals surface area contributed by atoms with Gasteiger partial charge in [0.1, 0.15) is 6.07 Å². The van der Waals surface area contributed by atoms with E-state index in [1.807, 2.05) is 6.07 Å². The molecule has 0 bridgehead atoms. The van der Waals surface area contributed by atoms with Crippen molar-refractivity contribution in [2.75, 3.05) is 11.4 Å². The molecule has 0 unspecified atom stereocenters. The Kier molecular flexibility index (Phi) is 3.47. The molecule has 4 heteroatoms. The number of nitriles is 1. The third-order valence-corrected chi connectivity index (χ3v) is 1.89. The molecule has 1 aromatic rings. The highest BCUT2D eigenvalue weighted by Gasteiger charge is 2.13. The second kappa shape index (κ2) is 4.82. The van der Waals surface area contributed by atoms with Crippen molar-refractivity contribution in [2.24, 2.45) is 5.73 Å². The molecule has 0 aliphatic rings. The SMILES string of the molecule is C=CCN(C(N)=O)c1ccccc1C#N. The van der Waals surface area contributed by atoms with E-state index in [1.54, 1.807) is 30.3 Å². The first-order valence-corrected chi connectivity index (χ1v) is 4.37. The summed E-state index contributed by atoms with van der Waals surface area (Å²) in [7, 11) is 0. The molecule has 0 atom stereocenters. The number of nitrogens with two attached hydrogens (primary N) is 1. The Labute approximate surface area is 88.2 Å². The summed E-state index contributed by atoms with van der Waals surface area (Å²) in [5.74, 6) is 0. The third kappa shape index (κ3) is 2.35. The van der Waals surface area contributed by atoms with Crippen LogP contribution in [0.2, 0.25) is 0 Å². The van der Waals surface area contributed by atoms with E-state index in [-0.39, 0.29) is 6.54 Å². The standard InChI is InChI=1S/C11H11N3O/c1-2-7-14(11(13)15)10-6-4-3-5-9(10)8-12/h2-6H,1,7H2,(H2,13,15). The number of primary amides is 1. The van der Waals surface area contributed by atoms with Crippen LogP contribution in [0.3, 0.4) is 0 Å². The van der Waals surface area contributed by atoms with Gasteiger partial charge in [0.25, 0.3) is 0 Å². The lowest BCUT2D eigenvalue weighted by Crippen LogP contribution is -2.36. The van der Waals surface area contributed by atoms with Gasteiger partial charge in [0.2, 0.25) is 0 Å². The van der Waals surface area contributed by atoms with Crippen molar-refractivity contribution in [2.45, 2.75) is 0 Å². The molecule has 0 spiro atoms. The van der Waals surface area contributed by atoms with Gasteiger partial charge in [-0.05, 0) is 12.1 Å². The van der Waals surface area contributed by atoms with Crippen LogP contribution >= 0.6 is 0 Å². The first kappa shape index (κ1) is 10.8. The van der Waals surface area contributed by atoms with Crippen molar-refractivity contribution in [3.8, 4) is 6.07 Å². The van der Waals surface area contributed by atoms with Crippen LogP contribution < -0.4 is 10.6 Å². The van der Waals surface area contributed by atoms with Gasteiger partial charge in [0.05, 0.1) is 11.3 Å². The van der Waals surface area contributed by atoms with Crippen LogP contribution in [0.4, 0.5) is 10.5 Å². The Bertz CT molecular complexity index is 420. The molecule has 2 N–H and O–H groups in total. The van der Waals surface area contributed by atoms with Crippen molar-refractivity contribution in [1.29, 1.82) is 5.26 Å². The Morgan fingerprint density at radius 1 is 1.60 bits per heavy atom. The summed E-state index contributed by atoms with van der Waals surface area (Å²) < 4.78 is 0. The molecular formula is C11H11N3O. The molecule has 0 heterocycles. The number of benzene rings is 1. The van der Waals surface area contributed by atoms with Crippen molar-refractivity contribution in [3.05, 3.63) is 42.5 Å². The highest BCUT2D eigenvalue weighted by molar-refractivity contribution is 5.92. The fourth-order valence-electron chi connectivity index (χ4n) is 1.24. The van der Waals surface area contributed by atoms with E-state index >= 15 is 0 Å². The number of carbonyl (C=O) groups excluding carboxylic acids is 1.